The summed E-state index contributed by atoms with van der Waals surface area (Å²) in [5, 5.41) is 3.34. The summed E-state index contributed by atoms with van der Waals surface area (Å²) in [6, 6.07) is 10.0. The minimum absolute atomic E-state index is 0.0676. The summed E-state index contributed by atoms with van der Waals surface area (Å²) in [6.07, 6.45) is 2.38. The molecule has 1 fully saturated rings. The molecule has 2 aromatic rings. The Labute approximate surface area is 177 Å². The largest absolute Gasteiger partial charge is 0.459 e. The summed E-state index contributed by atoms with van der Waals surface area (Å²) in [5.41, 5.74) is 0.864. The van der Waals surface area contributed by atoms with Gasteiger partial charge in [-0.25, -0.2) is 4.39 Å². The molecule has 7 nitrogen and oxygen atoms in total. The number of halogens is 1. The number of benzene rings is 1. The van der Waals surface area contributed by atoms with Crippen LogP contribution in [0.5, 0.6) is 0 Å². The molecule has 0 aliphatic carbocycles. The highest BCUT2D eigenvalue weighted by Crippen LogP contribution is 2.14. The molecule has 2 heterocycles. The zero-order chi connectivity index (χ0) is 21.3. The summed E-state index contributed by atoms with van der Waals surface area (Å²) < 4.78 is 18.6. The van der Waals surface area contributed by atoms with Crippen molar-refractivity contribution >= 4 is 17.6 Å². The summed E-state index contributed by atoms with van der Waals surface area (Å²) >= 11 is 0. The number of amides is 1. The molecule has 162 valence electrons. The first-order valence-corrected chi connectivity index (χ1v) is 10.4. The highest BCUT2D eigenvalue weighted by Gasteiger charge is 2.25. The number of carbonyl (C=O) groups is 1. The van der Waals surface area contributed by atoms with Crippen LogP contribution >= 0.6 is 0 Å². The van der Waals surface area contributed by atoms with Crippen molar-refractivity contribution < 1.29 is 13.6 Å². The van der Waals surface area contributed by atoms with Crippen molar-refractivity contribution in [2.45, 2.75) is 13.3 Å². The zero-order valence-corrected chi connectivity index (χ0v) is 17.7. The minimum atomic E-state index is -0.225. The Kier molecular flexibility index (Phi) is 7.70. The molecule has 3 rings (SSSR count). The second-order valence-corrected chi connectivity index (χ2v) is 7.25. The second-order valence-electron chi connectivity index (χ2n) is 7.25. The molecule has 1 aliphatic rings. The fourth-order valence-corrected chi connectivity index (χ4v) is 3.44. The van der Waals surface area contributed by atoms with Gasteiger partial charge in [0.2, 0.25) is 0 Å². The van der Waals surface area contributed by atoms with Crippen LogP contribution in [0.1, 0.15) is 23.9 Å². The summed E-state index contributed by atoms with van der Waals surface area (Å²) in [5.74, 6) is 0.959. The predicted molar refractivity (Wildman–Crippen MR) is 116 cm³/mol. The van der Waals surface area contributed by atoms with Crippen molar-refractivity contribution in [2.75, 3.05) is 57.8 Å². The van der Waals surface area contributed by atoms with Gasteiger partial charge >= 0.3 is 0 Å². The number of nitrogens with zero attached hydrogens (tertiary/aromatic N) is 4. The Morgan fingerprint density at radius 1 is 1.20 bits per heavy atom. The van der Waals surface area contributed by atoms with Crippen LogP contribution in [-0.2, 0) is 0 Å². The number of piperazine rings is 1. The van der Waals surface area contributed by atoms with Crippen LogP contribution in [0.15, 0.2) is 52.1 Å². The van der Waals surface area contributed by atoms with E-state index in [2.05, 4.69) is 10.2 Å². The Morgan fingerprint density at radius 2 is 1.97 bits per heavy atom. The van der Waals surface area contributed by atoms with Gasteiger partial charge in [-0.3, -0.25) is 9.79 Å². The SMILES string of the molecule is CCNC(=NCCCN(C)c1cccc(F)c1)N1CCN(C(=O)c2ccco2)CC1. The Bertz CT molecular complexity index is 832. The number of aliphatic imine (C=N–C) groups is 1. The highest BCUT2D eigenvalue weighted by molar-refractivity contribution is 5.91. The van der Waals surface area contributed by atoms with Gasteiger partial charge in [0.25, 0.3) is 5.91 Å². The summed E-state index contributed by atoms with van der Waals surface area (Å²) in [6.45, 7) is 7.00. The van der Waals surface area contributed by atoms with E-state index in [1.165, 1.54) is 18.4 Å². The van der Waals surface area contributed by atoms with Crippen LogP contribution in [-0.4, -0.2) is 74.5 Å². The van der Waals surface area contributed by atoms with Gasteiger partial charge in [-0.1, -0.05) is 6.07 Å². The number of nitrogens with one attached hydrogen (secondary N) is 1. The molecular formula is C22H30FN5O2. The predicted octanol–water partition coefficient (Wildman–Crippen LogP) is 2.67. The lowest BCUT2D eigenvalue weighted by atomic mass is 10.2. The molecule has 0 saturated carbocycles. The summed E-state index contributed by atoms with van der Waals surface area (Å²) in [4.78, 5) is 23.2. The molecule has 0 unspecified atom stereocenters. The number of hydrogen-bond donors (Lipinski definition) is 1. The smallest absolute Gasteiger partial charge is 0.289 e. The normalized spacial score (nSPS) is 14.7. The lowest BCUT2D eigenvalue weighted by Gasteiger charge is -2.36. The van der Waals surface area contributed by atoms with Gasteiger partial charge in [0.1, 0.15) is 5.82 Å². The number of rotatable bonds is 7. The van der Waals surface area contributed by atoms with Crippen LogP contribution in [0.2, 0.25) is 0 Å². The van der Waals surface area contributed by atoms with E-state index in [0.717, 1.165) is 44.2 Å². The van der Waals surface area contributed by atoms with Crippen LogP contribution in [0, 0.1) is 5.82 Å². The number of guanidine groups is 1. The van der Waals surface area contributed by atoms with Gasteiger partial charge < -0.3 is 24.4 Å². The number of carbonyl (C=O) groups excluding carboxylic acids is 1. The van der Waals surface area contributed by atoms with Gasteiger partial charge in [-0.05, 0) is 43.7 Å². The second kappa shape index (κ2) is 10.7. The Hall–Kier alpha value is -3.03. The van der Waals surface area contributed by atoms with E-state index in [0.29, 0.717) is 25.4 Å². The first kappa shape index (κ1) is 21.7. The number of furan rings is 1. The van der Waals surface area contributed by atoms with Gasteiger partial charge in [0.05, 0.1) is 6.26 Å². The van der Waals surface area contributed by atoms with E-state index in [1.807, 2.05) is 29.8 Å². The summed E-state index contributed by atoms with van der Waals surface area (Å²) in [7, 11) is 1.96. The third-order valence-electron chi connectivity index (χ3n) is 5.10. The van der Waals surface area contributed by atoms with Gasteiger partial charge in [0.15, 0.2) is 11.7 Å². The fourth-order valence-electron chi connectivity index (χ4n) is 3.44. The first-order chi connectivity index (χ1) is 14.6. The molecule has 1 saturated heterocycles. The van der Waals surface area contributed by atoms with Crippen molar-refractivity contribution in [2.24, 2.45) is 4.99 Å². The van der Waals surface area contributed by atoms with Crippen LogP contribution < -0.4 is 10.2 Å². The molecule has 1 amide bonds. The van der Waals surface area contributed by atoms with E-state index < -0.39 is 0 Å². The third-order valence-corrected chi connectivity index (χ3v) is 5.10. The van der Waals surface area contributed by atoms with Crippen molar-refractivity contribution in [1.29, 1.82) is 0 Å². The molecular weight excluding hydrogens is 385 g/mol. The molecule has 8 heteroatoms. The Balaban J connectivity index is 1.48. The Morgan fingerprint density at radius 3 is 2.63 bits per heavy atom. The van der Waals surface area contributed by atoms with E-state index in [4.69, 9.17) is 9.41 Å². The lowest BCUT2D eigenvalue weighted by Crippen LogP contribution is -2.53. The number of hydrogen-bond acceptors (Lipinski definition) is 4. The van der Waals surface area contributed by atoms with Crippen LogP contribution in [0.4, 0.5) is 10.1 Å². The van der Waals surface area contributed by atoms with Gasteiger partial charge in [-0.2, -0.15) is 0 Å². The van der Waals surface area contributed by atoms with Crippen molar-refractivity contribution in [1.82, 2.24) is 15.1 Å². The molecule has 0 radical (unpaired) electrons. The molecule has 30 heavy (non-hydrogen) atoms. The topological polar surface area (TPSA) is 64.3 Å². The third kappa shape index (κ3) is 5.75. The maximum Gasteiger partial charge on any atom is 0.289 e. The monoisotopic (exact) mass is 415 g/mol. The molecule has 0 spiro atoms. The maximum absolute atomic E-state index is 13.4. The van der Waals surface area contributed by atoms with Gasteiger partial charge in [0, 0.05) is 58.5 Å². The van der Waals surface area contributed by atoms with E-state index in [-0.39, 0.29) is 11.7 Å². The molecule has 0 atom stereocenters. The van der Waals surface area contributed by atoms with Gasteiger partial charge in [-0.15, -0.1) is 0 Å². The average Bonchev–Trinajstić information content (AvgIpc) is 3.30. The van der Waals surface area contributed by atoms with E-state index >= 15 is 0 Å². The molecule has 1 aliphatic heterocycles. The molecule has 1 aromatic carbocycles. The van der Waals surface area contributed by atoms with Crippen molar-refractivity contribution in [3.8, 4) is 0 Å². The molecule has 1 aromatic heterocycles. The molecule has 0 bridgehead atoms. The quantitative estimate of drug-likeness (QED) is 0.428. The number of anilines is 1. The first-order valence-electron chi connectivity index (χ1n) is 10.4. The maximum atomic E-state index is 13.4. The van der Waals surface area contributed by atoms with E-state index in [1.54, 1.807) is 18.2 Å². The zero-order valence-electron chi connectivity index (χ0n) is 17.7. The van der Waals surface area contributed by atoms with E-state index in [9.17, 15) is 9.18 Å². The highest BCUT2D eigenvalue weighted by atomic mass is 19.1. The van der Waals surface area contributed by atoms with Crippen LogP contribution in [0.3, 0.4) is 0 Å². The lowest BCUT2D eigenvalue weighted by molar-refractivity contribution is 0.0657. The van der Waals surface area contributed by atoms with Crippen molar-refractivity contribution in [3.05, 3.63) is 54.2 Å². The fraction of sp³-hybridized carbons (Fsp3) is 0.455. The standard InChI is InChI=1S/C22H30FN5O2/c1-3-24-22(25-10-6-11-26(2)19-8-4-7-18(23)17-19)28-14-12-27(13-15-28)21(29)20-9-5-16-30-20/h4-5,7-9,16-17H,3,6,10-15H2,1-2H3,(H,24,25). The van der Waals surface area contributed by atoms with Crippen molar-refractivity contribution in [3.63, 3.8) is 0 Å². The average molecular weight is 416 g/mol. The van der Waals surface area contributed by atoms with Crippen LogP contribution in [0.25, 0.3) is 0 Å². The molecule has 1 N–H and O–H groups in total. The minimum Gasteiger partial charge on any atom is -0.459 e.